The van der Waals surface area contributed by atoms with Gasteiger partial charge in [0.1, 0.15) is 0 Å². The minimum Gasteiger partial charge on any atom is -0.472 e. The van der Waals surface area contributed by atoms with Gasteiger partial charge in [-0.25, -0.2) is 0 Å². The maximum Gasteiger partial charge on any atom is 0.193 e. The number of rotatable bonds is 4. The van der Waals surface area contributed by atoms with Gasteiger partial charge in [-0.3, -0.25) is 9.59 Å². The molecule has 0 radical (unpaired) electrons. The third kappa shape index (κ3) is 3.82. The van der Waals surface area contributed by atoms with Gasteiger partial charge >= 0.3 is 0 Å². The van der Waals surface area contributed by atoms with E-state index in [0.29, 0.717) is 0 Å². The first-order chi connectivity index (χ1) is 13.0. The van der Waals surface area contributed by atoms with Crippen molar-refractivity contribution in [1.82, 2.24) is 9.47 Å². The van der Waals surface area contributed by atoms with Crippen molar-refractivity contribution in [3.05, 3.63) is 70.6 Å². The lowest BCUT2D eigenvalue weighted by molar-refractivity contribution is 0.101. The summed E-state index contributed by atoms with van der Waals surface area (Å²) in [5.74, 6) is -0.210. The molecule has 144 valence electrons. The molecule has 27 heavy (non-hydrogen) atoms. The van der Waals surface area contributed by atoms with Crippen molar-refractivity contribution in [1.29, 1.82) is 0 Å². The Morgan fingerprint density at radius 2 is 2.11 bits per heavy atom. The number of furan rings is 1. The van der Waals surface area contributed by atoms with E-state index in [-0.39, 0.29) is 22.8 Å². The molecule has 0 unspecified atom stereocenters. The summed E-state index contributed by atoms with van der Waals surface area (Å²) in [5.41, 5.74) is 3.49. The predicted octanol–water partition coefficient (Wildman–Crippen LogP) is 4.62. The predicted molar refractivity (Wildman–Crippen MR) is 110 cm³/mol. The number of fused-ring (bicyclic) bond motifs is 1. The Morgan fingerprint density at radius 3 is 2.63 bits per heavy atom. The molecule has 0 aliphatic carbocycles. The van der Waals surface area contributed by atoms with Crippen LogP contribution in [0.15, 0.2) is 52.7 Å². The lowest BCUT2D eigenvalue weighted by Crippen LogP contribution is -2.36. The molecule has 0 saturated carbocycles. The zero-order valence-electron chi connectivity index (χ0n) is 16.8. The number of pyridine rings is 1. The summed E-state index contributed by atoms with van der Waals surface area (Å²) in [7, 11) is 2.01. The van der Waals surface area contributed by atoms with Crippen molar-refractivity contribution in [2.45, 2.75) is 40.2 Å². The summed E-state index contributed by atoms with van der Waals surface area (Å²) in [6.45, 7) is 12.3. The highest BCUT2D eigenvalue weighted by Gasteiger charge is 2.28. The SMILES string of the molecule is C=C/C(=C1/c2cc(=O)c(C(C)=O)cn2[C@H](CC)CN1C)c1ccoc1.CC. The van der Waals surface area contributed by atoms with Crippen molar-refractivity contribution in [3.8, 4) is 0 Å². The summed E-state index contributed by atoms with van der Waals surface area (Å²) in [6, 6.07) is 3.63. The van der Waals surface area contributed by atoms with Crippen LogP contribution in [0.4, 0.5) is 0 Å². The molecule has 5 heteroatoms. The van der Waals surface area contributed by atoms with Crippen molar-refractivity contribution >= 4 is 17.1 Å². The molecule has 2 aromatic rings. The molecule has 3 heterocycles. The van der Waals surface area contributed by atoms with E-state index in [9.17, 15) is 9.59 Å². The molecule has 0 N–H and O–H groups in total. The molecule has 0 aromatic carbocycles. The average molecular weight is 368 g/mol. The maximum absolute atomic E-state index is 12.5. The fourth-order valence-electron chi connectivity index (χ4n) is 3.44. The Balaban J connectivity index is 0.00000126. The van der Waals surface area contributed by atoms with Gasteiger partial charge in [-0.1, -0.05) is 33.4 Å². The number of Topliss-reactive ketones (excluding diaryl/α,β-unsaturated/α-hetero) is 1. The van der Waals surface area contributed by atoms with E-state index in [0.717, 1.165) is 35.5 Å². The van der Waals surface area contributed by atoms with E-state index in [1.54, 1.807) is 30.9 Å². The van der Waals surface area contributed by atoms with Crippen molar-refractivity contribution in [2.24, 2.45) is 0 Å². The van der Waals surface area contributed by atoms with Crippen LogP contribution in [0.5, 0.6) is 0 Å². The topological polar surface area (TPSA) is 55.5 Å². The Bertz CT molecular complexity index is 904. The summed E-state index contributed by atoms with van der Waals surface area (Å²) >= 11 is 0. The largest absolute Gasteiger partial charge is 0.472 e. The fourth-order valence-corrected chi connectivity index (χ4v) is 3.44. The van der Waals surface area contributed by atoms with Gasteiger partial charge in [-0.15, -0.1) is 0 Å². The molecule has 3 rings (SSSR count). The summed E-state index contributed by atoms with van der Waals surface area (Å²) in [5, 5.41) is 0. The van der Waals surface area contributed by atoms with Crippen molar-refractivity contribution in [2.75, 3.05) is 13.6 Å². The smallest absolute Gasteiger partial charge is 0.193 e. The Morgan fingerprint density at radius 1 is 1.41 bits per heavy atom. The first kappa shape index (κ1) is 20.5. The molecule has 0 bridgehead atoms. The van der Waals surface area contributed by atoms with E-state index in [2.05, 4.69) is 23.0 Å². The highest BCUT2D eigenvalue weighted by molar-refractivity contribution is 5.96. The maximum atomic E-state index is 12.5. The van der Waals surface area contributed by atoms with Crippen LogP contribution in [0.3, 0.4) is 0 Å². The van der Waals surface area contributed by atoms with Crippen LogP contribution in [0.25, 0.3) is 11.3 Å². The zero-order chi connectivity index (χ0) is 20.1. The average Bonchev–Trinajstić information content (AvgIpc) is 3.19. The number of aromatic nitrogens is 1. The Kier molecular flexibility index (Phi) is 6.61. The van der Waals surface area contributed by atoms with Gasteiger partial charge in [-0.2, -0.15) is 0 Å². The quantitative estimate of drug-likeness (QED) is 0.739. The number of nitrogens with zero attached hydrogens (tertiary/aromatic N) is 2. The summed E-state index contributed by atoms with van der Waals surface area (Å²) in [4.78, 5) is 26.4. The van der Waals surface area contributed by atoms with Crippen molar-refractivity contribution in [3.63, 3.8) is 0 Å². The minimum atomic E-state index is -0.253. The number of allylic oxidation sites excluding steroid dienone is 2. The van der Waals surface area contributed by atoms with Crippen LogP contribution in [0.2, 0.25) is 0 Å². The van der Waals surface area contributed by atoms with Gasteiger partial charge in [0, 0.05) is 37.0 Å². The van der Waals surface area contributed by atoms with Crippen molar-refractivity contribution < 1.29 is 9.21 Å². The van der Waals surface area contributed by atoms with Crippen LogP contribution in [0.1, 0.15) is 61.8 Å². The molecule has 1 aliphatic heterocycles. The molecular formula is C22H28N2O3. The van der Waals surface area contributed by atoms with Gasteiger partial charge in [0.2, 0.25) is 0 Å². The number of carbonyl (C=O) groups is 1. The second-order valence-electron chi connectivity index (χ2n) is 6.32. The van der Waals surface area contributed by atoms with E-state index < -0.39 is 0 Å². The van der Waals surface area contributed by atoms with Crippen LogP contribution < -0.4 is 5.43 Å². The first-order valence-electron chi connectivity index (χ1n) is 9.35. The fraction of sp³-hybridized carbons (Fsp3) is 0.364. The molecule has 0 saturated heterocycles. The van der Waals surface area contributed by atoms with E-state index in [1.165, 1.54) is 6.92 Å². The number of likely N-dealkylation sites (N-methyl/N-ethyl adjacent to an activating group) is 1. The lowest BCUT2D eigenvalue weighted by atomic mass is 9.98. The highest BCUT2D eigenvalue weighted by Crippen LogP contribution is 2.35. The molecule has 1 aliphatic rings. The monoisotopic (exact) mass is 368 g/mol. The van der Waals surface area contributed by atoms with Gasteiger partial charge in [-0.05, 0) is 19.4 Å². The Hall–Kier alpha value is -2.82. The van der Waals surface area contributed by atoms with E-state index in [4.69, 9.17) is 4.42 Å². The van der Waals surface area contributed by atoms with Gasteiger partial charge in [0.15, 0.2) is 11.2 Å². The van der Waals surface area contributed by atoms with Crippen LogP contribution in [-0.4, -0.2) is 28.8 Å². The van der Waals surface area contributed by atoms with Crippen LogP contribution >= 0.6 is 0 Å². The third-order valence-corrected chi connectivity index (χ3v) is 4.72. The second-order valence-corrected chi connectivity index (χ2v) is 6.32. The Labute approximate surface area is 160 Å². The van der Waals surface area contributed by atoms with Gasteiger partial charge < -0.3 is 13.9 Å². The summed E-state index contributed by atoms with van der Waals surface area (Å²) < 4.78 is 7.27. The summed E-state index contributed by atoms with van der Waals surface area (Å²) in [6.07, 6.45) is 7.66. The molecule has 1 atom stereocenters. The second kappa shape index (κ2) is 8.71. The first-order valence-corrected chi connectivity index (χ1v) is 9.35. The van der Waals surface area contributed by atoms with E-state index >= 15 is 0 Å². The molecule has 0 fully saturated rings. The minimum absolute atomic E-state index is 0.192. The van der Waals surface area contributed by atoms with Crippen LogP contribution in [0, 0.1) is 0 Å². The number of carbonyl (C=O) groups excluding carboxylic acids is 1. The lowest BCUT2D eigenvalue weighted by Gasteiger charge is -2.38. The molecular weight excluding hydrogens is 340 g/mol. The molecule has 0 spiro atoms. The van der Waals surface area contributed by atoms with Crippen LogP contribution in [-0.2, 0) is 0 Å². The van der Waals surface area contributed by atoms with Gasteiger partial charge in [0.25, 0.3) is 0 Å². The van der Waals surface area contributed by atoms with Gasteiger partial charge in [0.05, 0.1) is 35.5 Å². The molecule has 0 amide bonds. The molecule has 2 aromatic heterocycles. The number of hydrogen-bond donors (Lipinski definition) is 0. The molecule has 5 nitrogen and oxygen atoms in total. The third-order valence-electron chi connectivity index (χ3n) is 4.72. The zero-order valence-corrected chi connectivity index (χ0v) is 16.8. The normalized spacial score (nSPS) is 17.5. The number of hydrogen-bond acceptors (Lipinski definition) is 4. The van der Waals surface area contributed by atoms with E-state index in [1.807, 2.05) is 27.0 Å². The standard InChI is InChI=1S/C20H22N2O3.C2H6/c1-5-15-10-21(4)20(16(6-2)14-7-8-25-12-14)18-9-19(24)17(13(3)23)11-22(15)18;1-2/h6-9,11-12,15H,2,5,10H2,1,3-4H3;1-2H3/b20-16+;/t15-;/m1./s1. The number of ketones is 1. The highest BCUT2D eigenvalue weighted by atomic mass is 16.3.